The van der Waals surface area contributed by atoms with E-state index in [0.717, 1.165) is 4.70 Å². The van der Waals surface area contributed by atoms with Crippen LogP contribution in [0.4, 0.5) is 5.69 Å². The molecule has 35 heavy (non-hydrogen) atoms. The second-order valence-corrected chi connectivity index (χ2v) is 10.8. The van der Waals surface area contributed by atoms with Crippen molar-refractivity contribution in [1.29, 1.82) is 0 Å². The van der Waals surface area contributed by atoms with Crippen LogP contribution in [0.15, 0.2) is 76.6 Å². The quantitative estimate of drug-likeness (QED) is 0.350. The smallest absolute Gasteiger partial charge is 0.325 e. The van der Waals surface area contributed by atoms with Gasteiger partial charge in [-0.2, -0.15) is 4.99 Å². The Kier molecular flexibility index (Phi) is 7.27. The number of sulfonamides is 1. The van der Waals surface area contributed by atoms with Crippen LogP contribution in [0.25, 0.3) is 10.2 Å². The first-order chi connectivity index (χ1) is 16.7. The van der Waals surface area contributed by atoms with Gasteiger partial charge in [0.1, 0.15) is 6.54 Å². The van der Waals surface area contributed by atoms with Gasteiger partial charge in [-0.3, -0.25) is 14.3 Å². The molecule has 4 aromatic rings. The van der Waals surface area contributed by atoms with Gasteiger partial charge in [0.05, 0.1) is 22.2 Å². The Labute approximate surface area is 214 Å². The Hall–Kier alpha value is -3.18. The molecule has 1 aromatic heterocycles. The third kappa shape index (κ3) is 5.73. The van der Waals surface area contributed by atoms with Gasteiger partial charge in [0, 0.05) is 21.3 Å². The topological polar surface area (TPSA) is 107 Å². The Balaban J connectivity index is 1.68. The highest BCUT2D eigenvalue weighted by Crippen LogP contribution is 2.23. The molecule has 1 amide bonds. The van der Waals surface area contributed by atoms with Crippen LogP contribution in [0.3, 0.4) is 0 Å². The molecule has 0 aliphatic heterocycles. The summed E-state index contributed by atoms with van der Waals surface area (Å²) in [6.45, 7) is -0.148. The standard InChI is InChI=1S/C23H17Cl2N3O5S2/c1-33-21(29)13-28-19-10-7-16(25)12-20(19)34-23(28)26-22(30)14-3-2-4-17(11-14)27-35(31,32)18-8-5-15(24)6-9-18/h2-12,27H,13H2,1H3. The maximum Gasteiger partial charge on any atom is 0.325 e. The molecule has 0 bridgehead atoms. The molecular weight excluding hydrogens is 533 g/mol. The van der Waals surface area contributed by atoms with E-state index in [4.69, 9.17) is 27.9 Å². The van der Waals surface area contributed by atoms with Crippen LogP contribution in [0.5, 0.6) is 0 Å². The number of esters is 1. The summed E-state index contributed by atoms with van der Waals surface area (Å²) in [6, 6.07) is 16.8. The number of amides is 1. The zero-order valence-electron chi connectivity index (χ0n) is 18.1. The molecule has 0 aliphatic carbocycles. The van der Waals surface area contributed by atoms with Crippen LogP contribution in [-0.4, -0.2) is 32.0 Å². The van der Waals surface area contributed by atoms with E-state index in [1.807, 2.05) is 0 Å². The van der Waals surface area contributed by atoms with E-state index in [1.165, 1.54) is 67.0 Å². The third-order valence-corrected chi connectivity index (χ3v) is 7.77. The number of fused-ring (bicyclic) bond motifs is 1. The van der Waals surface area contributed by atoms with E-state index in [0.29, 0.717) is 15.6 Å². The zero-order valence-corrected chi connectivity index (χ0v) is 21.2. The van der Waals surface area contributed by atoms with E-state index in [2.05, 4.69) is 9.71 Å². The minimum atomic E-state index is -3.89. The molecule has 0 fully saturated rings. The molecule has 3 aromatic carbocycles. The maximum absolute atomic E-state index is 13.0. The molecular formula is C23H17Cl2N3O5S2. The van der Waals surface area contributed by atoms with Gasteiger partial charge >= 0.3 is 5.97 Å². The Morgan fingerprint density at radius 2 is 1.74 bits per heavy atom. The summed E-state index contributed by atoms with van der Waals surface area (Å²) in [5.74, 6) is -1.12. The Morgan fingerprint density at radius 1 is 1.03 bits per heavy atom. The molecule has 0 unspecified atom stereocenters. The normalized spacial score (nSPS) is 12.0. The minimum Gasteiger partial charge on any atom is -0.468 e. The number of ether oxygens (including phenoxy) is 1. The first-order valence-electron chi connectivity index (χ1n) is 9.99. The van der Waals surface area contributed by atoms with Crippen LogP contribution < -0.4 is 9.52 Å². The summed E-state index contributed by atoms with van der Waals surface area (Å²) in [4.78, 5) is 29.4. The van der Waals surface area contributed by atoms with Crippen molar-refractivity contribution in [3.8, 4) is 0 Å². The van der Waals surface area contributed by atoms with Crippen molar-refractivity contribution in [1.82, 2.24) is 4.57 Å². The summed E-state index contributed by atoms with van der Waals surface area (Å²) in [6.07, 6.45) is 0. The van der Waals surface area contributed by atoms with E-state index >= 15 is 0 Å². The molecule has 0 saturated heterocycles. The van der Waals surface area contributed by atoms with E-state index < -0.39 is 21.9 Å². The average Bonchev–Trinajstić information content (AvgIpc) is 3.14. The van der Waals surface area contributed by atoms with Crippen molar-refractivity contribution in [2.24, 2.45) is 4.99 Å². The van der Waals surface area contributed by atoms with Crippen molar-refractivity contribution in [2.45, 2.75) is 11.4 Å². The molecule has 0 radical (unpaired) electrons. The lowest BCUT2D eigenvalue weighted by molar-refractivity contribution is -0.141. The lowest BCUT2D eigenvalue weighted by Crippen LogP contribution is -2.22. The molecule has 0 saturated carbocycles. The average molecular weight is 550 g/mol. The first kappa shape index (κ1) is 24.9. The number of halogens is 2. The molecule has 1 heterocycles. The summed E-state index contributed by atoms with van der Waals surface area (Å²) in [7, 11) is -2.62. The maximum atomic E-state index is 13.0. The second-order valence-electron chi connectivity index (χ2n) is 7.22. The molecule has 180 valence electrons. The molecule has 1 N–H and O–H groups in total. The zero-order chi connectivity index (χ0) is 25.2. The van der Waals surface area contributed by atoms with Crippen LogP contribution in [0, 0.1) is 0 Å². The van der Waals surface area contributed by atoms with Gasteiger partial charge in [-0.05, 0) is 60.7 Å². The second kappa shape index (κ2) is 10.2. The fraction of sp³-hybridized carbons (Fsp3) is 0.0870. The van der Waals surface area contributed by atoms with Crippen molar-refractivity contribution in [2.75, 3.05) is 11.8 Å². The van der Waals surface area contributed by atoms with Crippen LogP contribution >= 0.6 is 34.5 Å². The fourth-order valence-electron chi connectivity index (χ4n) is 3.17. The Morgan fingerprint density at radius 3 is 2.46 bits per heavy atom. The molecule has 0 aliphatic rings. The number of hydrogen-bond acceptors (Lipinski definition) is 6. The number of methoxy groups -OCH3 is 1. The SMILES string of the molecule is COC(=O)Cn1c(=NC(=O)c2cccc(NS(=O)(=O)c3ccc(Cl)cc3)c2)sc2cc(Cl)ccc21. The van der Waals surface area contributed by atoms with Gasteiger partial charge in [-0.15, -0.1) is 0 Å². The molecule has 0 atom stereocenters. The number of carbonyl (C=O) groups is 2. The lowest BCUT2D eigenvalue weighted by Gasteiger charge is -2.09. The van der Waals surface area contributed by atoms with Crippen LogP contribution in [-0.2, 0) is 26.1 Å². The van der Waals surface area contributed by atoms with Crippen molar-refractivity contribution in [3.63, 3.8) is 0 Å². The van der Waals surface area contributed by atoms with Gasteiger partial charge in [0.2, 0.25) is 0 Å². The number of benzene rings is 3. The van der Waals surface area contributed by atoms with E-state index in [9.17, 15) is 18.0 Å². The van der Waals surface area contributed by atoms with E-state index in [1.54, 1.807) is 22.8 Å². The molecule has 0 spiro atoms. The number of nitrogens with zero attached hydrogens (tertiary/aromatic N) is 2. The number of anilines is 1. The largest absolute Gasteiger partial charge is 0.468 e. The number of hydrogen-bond donors (Lipinski definition) is 1. The predicted molar refractivity (Wildman–Crippen MR) is 135 cm³/mol. The van der Waals surface area contributed by atoms with Crippen molar-refractivity contribution < 1.29 is 22.7 Å². The number of aromatic nitrogens is 1. The summed E-state index contributed by atoms with van der Waals surface area (Å²) >= 11 is 13.1. The fourth-order valence-corrected chi connectivity index (χ4v) is 5.65. The van der Waals surface area contributed by atoms with Gasteiger partial charge < -0.3 is 9.30 Å². The summed E-state index contributed by atoms with van der Waals surface area (Å²) in [5, 5.41) is 0.911. The van der Waals surface area contributed by atoms with Crippen LogP contribution in [0.2, 0.25) is 10.0 Å². The van der Waals surface area contributed by atoms with Gasteiger partial charge in [0.25, 0.3) is 15.9 Å². The number of nitrogens with one attached hydrogen (secondary N) is 1. The Bertz CT molecular complexity index is 1610. The monoisotopic (exact) mass is 549 g/mol. The molecule has 8 nitrogen and oxygen atoms in total. The van der Waals surface area contributed by atoms with Gasteiger partial charge in [0.15, 0.2) is 4.80 Å². The highest BCUT2D eigenvalue weighted by molar-refractivity contribution is 7.92. The van der Waals surface area contributed by atoms with Gasteiger partial charge in [-0.1, -0.05) is 40.6 Å². The number of thiazole rings is 1. The third-order valence-electron chi connectivity index (χ3n) is 4.84. The first-order valence-corrected chi connectivity index (χ1v) is 13.0. The minimum absolute atomic E-state index is 0.0242. The number of rotatable bonds is 6. The highest BCUT2D eigenvalue weighted by Gasteiger charge is 2.16. The predicted octanol–water partition coefficient (Wildman–Crippen LogP) is 4.72. The van der Waals surface area contributed by atoms with Gasteiger partial charge in [-0.25, -0.2) is 8.42 Å². The lowest BCUT2D eigenvalue weighted by atomic mass is 10.2. The highest BCUT2D eigenvalue weighted by atomic mass is 35.5. The summed E-state index contributed by atoms with van der Waals surface area (Å²) in [5.41, 5.74) is 1.01. The molecule has 4 rings (SSSR count). The van der Waals surface area contributed by atoms with Crippen LogP contribution in [0.1, 0.15) is 10.4 Å². The molecule has 12 heteroatoms. The van der Waals surface area contributed by atoms with E-state index in [-0.39, 0.29) is 27.5 Å². The van der Waals surface area contributed by atoms with Crippen molar-refractivity contribution in [3.05, 3.63) is 87.1 Å². The van der Waals surface area contributed by atoms with Crippen molar-refractivity contribution >= 4 is 72.3 Å². The number of carbonyl (C=O) groups excluding carboxylic acids is 2. The summed E-state index contributed by atoms with van der Waals surface area (Å²) < 4.78 is 34.8.